The zero-order valence-electron chi connectivity index (χ0n) is 12.7. The molecule has 2 N–H and O–H groups in total. The van der Waals surface area contributed by atoms with Gasteiger partial charge >= 0.3 is 0 Å². The van der Waals surface area contributed by atoms with Crippen LogP contribution in [0.2, 0.25) is 0 Å². The van der Waals surface area contributed by atoms with Gasteiger partial charge in [0.1, 0.15) is 5.82 Å². The highest BCUT2D eigenvalue weighted by Gasteiger charge is 2.13. The van der Waals surface area contributed by atoms with Crippen LogP contribution in [0.3, 0.4) is 0 Å². The van der Waals surface area contributed by atoms with E-state index in [1.165, 1.54) is 23.0 Å². The van der Waals surface area contributed by atoms with Gasteiger partial charge in [-0.2, -0.15) is 9.50 Å². The molecule has 0 spiro atoms. The Morgan fingerprint density at radius 2 is 1.96 bits per heavy atom. The molecule has 0 bridgehead atoms. The number of H-pyrrole nitrogens is 1. The molecule has 0 aromatic carbocycles. The first kappa shape index (κ1) is 14.7. The van der Waals surface area contributed by atoms with Crippen LogP contribution in [-0.4, -0.2) is 35.5 Å². The minimum atomic E-state index is -0.400. The molecule has 25 heavy (non-hydrogen) atoms. The number of hydrogen-bond acceptors (Lipinski definition) is 6. The summed E-state index contributed by atoms with van der Waals surface area (Å²) in [4.78, 5) is 38.9. The zero-order valence-corrected chi connectivity index (χ0v) is 12.7. The first-order valence-corrected chi connectivity index (χ1v) is 7.32. The monoisotopic (exact) mass is 333 g/mol. The van der Waals surface area contributed by atoms with Gasteiger partial charge in [0.2, 0.25) is 5.78 Å². The van der Waals surface area contributed by atoms with Crippen molar-refractivity contribution in [1.82, 2.24) is 29.5 Å². The first-order valence-electron chi connectivity index (χ1n) is 7.32. The van der Waals surface area contributed by atoms with E-state index in [9.17, 15) is 9.59 Å². The van der Waals surface area contributed by atoms with Crippen molar-refractivity contribution in [2.45, 2.75) is 0 Å². The van der Waals surface area contributed by atoms with Crippen LogP contribution in [0, 0.1) is 0 Å². The van der Waals surface area contributed by atoms with Crippen molar-refractivity contribution in [2.75, 3.05) is 5.32 Å². The Bertz CT molecular complexity index is 1100. The van der Waals surface area contributed by atoms with Crippen LogP contribution < -0.4 is 10.9 Å². The van der Waals surface area contributed by atoms with E-state index in [1.54, 1.807) is 36.7 Å². The highest BCUT2D eigenvalue weighted by Crippen LogP contribution is 2.16. The molecule has 4 aromatic heterocycles. The van der Waals surface area contributed by atoms with E-state index in [0.29, 0.717) is 17.0 Å². The second-order valence-corrected chi connectivity index (χ2v) is 5.12. The molecule has 122 valence electrons. The van der Waals surface area contributed by atoms with Crippen LogP contribution in [0.25, 0.3) is 17.2 Å². The maximum atomic E-state index is 12.3. The van der Waals surface area contributed by atoms with Crippen molar-refractivity contribution >= 4 is 17.5 Å². The number of aromatic amines is 1. The lowest BCUT2D eigenvalue weighted by Crippen LogP contribution is -2.18. The normalized spacial score (nSPS) is 10.7. The Morgan fingerprint density at radius 3 is 2.72 bits per heavy atom. The molecule has 4 heterocycles. The van der Waals surface area contributed by atoms with Gasteiger partial charge < -0.3 is 5.32 Å². The van der Waals surface area contributed by atoms with Gasteiger partial charge in [-0.3, -0.25) is 24.5 Å². The second kappa shape index (κ2) is 5.96. The number of carbonyl (C=O) groups is 1. The summed E-state index contributed by atoms with van der Waals surface area (Å²) in [5, 5.41) is 7.00. The summed E-state index contributed by atoms with van der Waals surface area (Å²) in [6.07, 6.45) is 6.28. The molecule has 0 aliphatic heterocycles. The molecule has 4 aromatic rings. The predicted molar refractivity (Wildman–Crippen MR) is 89.0 cm³/mol. The Balaban J connectivity index is 1.77. The Hall–Kier alpha value is -3.88. The van der Waals surface area contributed by atoms with Crippen LogP contribution in [0.4, 0.5) is 5.82 Å². The van der Waals surface area contributed by atoms with E-state index in [1.807, 2.05) is 0 Å². The van der Waals surface area contributed by atoms with Gasteiger partial charge in [-0.25, -0.2) is 0 Å². The number of aromatic nitrogens is 6. The Labute approximate surface area is 140 Å². The molecule has 0 saturated carbocycles. The fourth-order valence-electron chi connectivity index (χ4n) is 2.29. The maximum Gasteiger partial charge on any atom is 0.256 e. The van der Waals surface area contributed by atoms with Crippen molar-refractivity contribution in [2.24, 2.45) is 0 Å². The molecule has 4 rings (SSSR count). The van der Waals surface area contributed by atoms with Crippen molar-refractivity contribution in [1.29, 1.82) is 0 Å². The molecule has 0 aliphatic rings. The number of nitrogens with one attached hydrogen (secondary N) is 2. The number of anilines is 1. The highest BCUT2D eigenvalue weighted by molar-refractivity contribution is 6.03. The van der Waals surface area contributed by atoms with E-state index in [2.05, 4.69) is 30.4 Å². The maximum absolute atomic E-state index is 12.3. The third kappa shape index (κ3) is 2.85. The summed E-state index contributed by atoms with van der Waals surface area (Å²) in [6, 6.07) is 7.95. The number of nitrogens with zero attached hydrogens (tertiary/aromatic N) is 5. The minimum Gasteiger partial charge on any atom is -0.306 e. The highest BCUT2D eigenvalue weighted by atomic mass is 16.2. The lowest BCUT2D eigenvalue weighted by atomic mass is 10.2. The number of rotatable bonds is 3. The van der Waals surface area contributed by atoms with Gasteiger partial charge in [0.15, 0.2) is 5.82 Å². The smallest absolute Gasteiger partial charge is 0.256 e. The number of amides is 1. The fourth-order valence-corrected chi connectivity index (χ4v) is 2.29. The molecular weight excluding hydrogens is 322 g/mol. The van der Waals surface area contributed by atoms with E-state index in [0.717, 1.165) is 0 Å². The van der Waals surface area contributed by atoms with Crippen LogP contribution in [0.15, 0.2) is 59.9 Å². The topological polar surface area (TPSA) is 118 Å². The van der Waals surface area contributed by atoms with Crippen molar-refractivity contribution < 1.29 is 4.79 Å². The molecule has 0 aliphatic carbocycles. The standard InChI is InChI=1S/C16H11N7O2/c24-13-8-12(19-15(25)10-3-6-17-7-4-10)23-16(20-13)21-14(22-23)11-2-1-5-18-9-11/h1-9H,(H,19,25)(H,20,21,22,24). The van der Waals surface area contributed by atoms with Gasteiger partial charge in [0.05, 0.1) is 0 Å². The average Bonchev–Trinajstić information content (AvgIpc) is 3.07. The van der Waals surface area contributed by atoms with E-state index >= 15 is 0 Å². The lowest BCUT2D eigenvalue weighted by molar-refractivity contribution is 0.102. The molecule has 0 unspecified atom stereocenters. The summed E-state index contributed by atoms with van der Waals surface area (Å²) in [6.45, 7) is 0. The number of carbonyl (C=O) groups excluding carboxylic acids is 1. The minimum absolute atomic E-state index is 0.211. The summed E-state index contributed by atoms with van der Waals surface area (Å²) < 4.78 is 1.36. The van der Waals surface area contributed by atoms with Crippen LogP contribution in [-0.2, 0) is 0 Å². The van der Waals surface area contributed by atoms with E-state index in [-0.39, 0.29) is 17.5 Å². The second-order valence-electron chi connectivity index (χ2n) is 5.12. The van der Waals surface area contributed by atoms with E-state index < -0.39 is 5.56 Å². The first-order chi connectivity index (χ1) is 12.2. The van der Waals surface area contributed by atoms with E-state index in [4.69, 9.17) is 0 Å². The summed E-state index contributed by atoms with van der Waals surface area (Å²) in [5.41, 5.74) is 0.706. The zero-order chi connectivity index (χ0) is 17.2. The number of pyridine rings is 2. The largest absolute Gasteiger partial charge is 0.306 e. The van der Waals surface area contributed by atoms with Crippen molar-refractivity contribution in [3.05, 3.63) is 71.0 Å². The van der Waals surface area contributed by atoms with Gasteiger partial charge in [-0.15, -0.1) is 5.10 Å². The fraction of sp³-hybridized carbons (Fsp3) is 0. The van der Waals surface area contributed by atoms with Crippen molar-refractivity contribution in [3.63, 3.8) is 0 Å². The molecule has 0 fully saturated rings. The van der Waals surface area contributed by atoms with Crippen LogP contribution >= 0.6 is 0 Å². The number of fused-ring (bicyclic) bond motifs is 1. The molecular formula is C16H11N7O2. The molecule has 1 amide bonds. The van der Waals surface area contributed by atoms with Gasteiger partial charge in [-0.05, 0) is 24.3 Å². The lowest BCUT2D eigenvalue weighted by Gasteiger charge is -2.05. The molecule has 0 radical (unpaired) electrons. The SMILES string of the molecule is O=C(Nc1cc(=O)[nH]c2nc(-c3cccnc3)nn12)c1ccncc1. The third-order valence-corrected chi connectivity index (χ3v) is 3.44. The number of hydrogen-bond donors (Lipinski definition) is 2. The molecule has 0 saturated heterocycles. The summed E-state index contributed by atoms with van der Waals surface area (Å²) >= 11 is 0. The summed E-state index contributed by atoms with van der Waals surface area (Å²) in [7, 11) is 0. The predicted octanol–water partition coefficient (Wildman–Crippen LogP) is 1.13. The third-order valence-electron chi connectivity index (χ3n) is 3.44. The Kier molecular flexibility index (Phi) is 3.51. The van der Waals surface area contributed by atoms with Gasteiger partial charge in [0, 0.05) is 42.0 Å². The molecule has 0 atom stereocenters. The Morgan fingerprint density at radius 1 is 1.12 bits per heavy atom. The van der Waals surface area contributed by atoms with Gasteiger partial charge in [0.25, 0.3) is 11.5 Å². The molecule has 9 heteroatoms. The van der Waals surface area contributed by atoms with Crippen molar-refractivity contribution in [3.8, 4) is 11.4 Å². The quantitative estimate of drug-likeness (QED) is 0.580. The van der Waals surface area contributed by atoms with Gasteiger partial charge in [-0.1, -0.05) is 0 Å². The summed E-state index contributed by atoms with van der Waals surface area (Å²) in [5.74, 6) is 0.432. The van der Waals surface area contributed by atoms with Crippen LogP contribution in [0.5, 0.6) is 0 Å². The van der Waals surface area contributed by atoms with Crippen LogP contribution in [0.1, 0.15) is 10.4 Å². The average molecular weight is 333 g/mol. The molecule has 9 nitrogen and oxygen atoms in total.